The molecule has 3 nitrogen and oxygen atoms in total. The van der Waals surface area contributed by atoms with Crippen molar-refractivity contribution in [2.45, 2.75) is 26.2 Å². The predicted molar refractivity (Wildman–Crippen MR) is 52.1 cm³/mol. The van der Waals surface area contributed by atoms with Crippen molar-refractivity contribution < 1.29 is 14.6 Å². The van der Waals surface area contributed by atoms with Crippen LogP contribution in [-0.4, -0.2) is 12.2 Å². The minimum atomic E-state index is -0.504. The highest BCUT2D eigenvalue weighted by Crippen LogP contribution is 2.32. The lowest BCUT2D eigenvalue weighted by atomic mass is 10.0. The highest BCUT2D eigenvalue weighted by molar-refractivity contribution is 5.44. The van der Waals surface area contributed by atoms with Crippen molar-refractivity contribution in [3.05, 3.63) is 28.8 Å². The Labute approximate surface area is 83.3 Å². The number of hydrogen-bond acceptors (Lipinski definition) is 3. The Morgan fingerprint density at radius 1 is 1.36 bits per heavy atom. The van der Waals surface area contributed by atoms with E-state index in [2.05, 4.69) is 0 Å². The van der Waals surface area contributed by atoms with Gasteiger partial charge in [-0.15, -0.1) is 0 Å². The zero-order chi connectivity index (χ0) is 10.1. The average molecular weight is 194 g/mol. The Bertz CT molecular complexity index is 345. The number of aliphatic hydroxyl groups is 1. The molecule has 0 aliphatic carbocycles. The number of fused-ring (bicyclic) bond motifs is 1. The van der Waals surface area contributed by atoms with Gasteiger partial charge in [0.2, 0.25) is 0 Å². The summed E-state index contributed by atoms with van der Waals surface area (Å²) in [6, 6.07) is 3.91. The molecule has 0 saturated carbocycles. The van der Waals surface area contributed by atoms with Crippen LogP contribution >= 0.6 is 0 Å². The number of aliphatic hydroxyl groups excluding tert-OH is 1. The summed E-state index contributed by atoms with van der Waals surface area (Å²) in [6.07, 6.45) is -0.504. The van der Waals surface area contributed by atoms with Crippen molar-refractivity contribution in [1.29, 1.82) is 0 Å². The third-order valence-corrected chi connectivity index (χ3v) is 2.52. The maximum absolute atomic E-state index is 9.55. The molecule has 0 bridgehead atoms. The van der Waals surface area contributed by atoms with Crippen molar-refractivity contribution in [3.8, 4) is 5.75 Å². The molecule has 14 heavy (non-hydrogen) atoms. The minimum absolute atomic E-state index is 0.504. The smallest absolute Gasteiger partial charge is 0.125 e. The molecule has 0 spiro atoms. The van der Waals surface area contributed by atoms with Crippen LogP contribution in [0, 0.1) is 0 Å². The van der Waals surface area contributed by atoms with Crippen LogP contribution < -0.4 is 4.74 Å². The molecule has 0 amide bonds. The quantitative estimate of drug-likeness (QED) is 0.780. The lowest BCUT2D eigenvalue weighted by Gasteiger charge is -2.12. The summed E-state index contributed by atoms with van der Waals surface area (Å²) in [4.78, 5) is 0. The lowest BCUT2D eigenvalue weighted by molar-refractivity contribution is 0.134. The standard InChI is InChI=1S/C11H14O3/c1-7(12)10-3-8-5-14-6-9(8)4-11(10)13-2/h3-4,7,12H,5-6H2,1-2H3. The first-order valence-electron chi connectivity index (χ1n) is 4.68. The highest BCUT2D eigenvalue weighted by Gasteiger charge is 2.17. The first-order valence-corrected chi connectivity index (χ1v) is 4.68. The highest BCUT2D eigenvalue weighted by atomic mass is 16.5. The van der Waals surface area contributed by atoms with Crippen molar-refractivity contribution in [2.24, 2.45) is 0 Å². The van der Waals surface area contributed by atoms with E-state index >= 15 is 0 Å². The molecule has 2 rings (SSSR count). The van der Waals surface area contributed by atoms with Crippen LogP contribution in [0.25, 0.3) is 0 Å². The van der Waals surface area contributed by atoms with Crippen LogP contribution in [0.4, 0.5) is 0 Å². The van der Waals surface area contributed by atoms with Gasteiger partial charge in [0.05, 0.1) is 26.4 Å². The second-order valence-electron chi connectivity index (χ2n) is 3.53. The van der Waals surface area contributed by atoms with E-state index in [4.69, 9.17) is 9.47 Å². The Kier molecular flexibility index (Phi) is 2.44. The molecule has 0 fully saturated rings. The summed E-state index contributed by atoms with van der Waals surface area (Å²) < 4.78 is 10.5. The van der Waals surface area contributed by atoms with Crippen LogP contribution in [-0.2, 0) is 18.0 Å². The predicted octanol–water partition coefficient (Wildman–Crippen LogP) is 1.78. The summed E-state index contributed by atoms with van der Waals surface area (Å²) in [5, 5.41) is 9.55. The molecule has 1 heterocycles. The fourth-order valence-corrected chi connectivity index (χ4v) is 1.73. The molecule has 0 radical (unpaired) electrons. The van der Waals surface area contributed by atoms with Gasteiger partial charge in [-0.1, -0.05) is 0 Å². The van der Waals surface area contributed by atoms with Crippen molar-refractivity contribution in [1.82, 2.24) is 0 Å². The van der Waals surface area contributed by atoms with Crippen molar-refractivity contribution >= 4 is 0 Å². The number of methoxy groups -OCH3 is 1. The molecule has 1 atom stereocenters. The molecule has 0 saturated heterocycles. The molecule has 76 valence electrons. The van der Waals surface area contributed by atoms with Gasteiger partial charge in [0, 0.05) is 5.56 Å². The molecule has 1 aromatic rings. The maximum atomic E-state index is 9.55. The first kappa shape index (κ1) is 9.49. The van der Waals surface area contributed by atoms with Gasteiger partial charge >= 0.3 is 0 Å². The van der Waals surface area contributed by atoms with Crippen molar-refractivity contribution in [3.63, 3.8) is 0 Å². The second kappa shape index (κ2) is 3.59. The second-order valence-corrected chi connectivity index (χ2v) is 3.53. The number of ether oxygens (including phenoxy) is 2. The van der Waals surface area contributed by atoms with Gasteiger partial charge in [0.15, 0.2) is 0 Å². The molecule has 1 unspecified atom stereocenters. The largest absolute Gasteiger partial charge is 0.496 e. The fraction of sp³-hybridized carbons (Fsp3) is 0.455. The molecule has 0 aromatic heterocycles. The number of rotatable bonds is 2. The normalized spacial score (nSPS) is 16.5. The van der Waals surface area contributed by atoms with E-state index in [1.54, 1.807) is 14.0 Å². The summed E-state index contributed by atoms with van der Waals surface area (Å²) in [7, 11) is 1.61. The molecule has 3 heteroatoms. The van der Waals surface area contributed by atoms with Gasteiger partial charge in [-0.25, -0.2) is 0 Å². The first-order chi connectivity index (χ1) is 6.72. The van der Waals surface area contributed by atoms with E-state index in [0.29, 0.717) is 13.2 Å². The minimum Gasteiger partial charge on any atom is -0.496 e. The monoisotopic (exact) mass is 194 g/mol. The number of benzene rings is 1. The molecular formula is C11H14O3. The summed E-state index contributed by atoms with van der Waals surface area (Å²) in [6.45, 7) is 3.02. The Balaban J connectivity index is 2.49. The lowest BCUT2D eigenvalue weighted by Crippen LogP contribution is -1.98. The molecule has 1 aromatic carbocycles. The van der Waals surface area contributed by atoms with Gasteiger partial charge in [-0.2, -0.15) is 0 Å². The van der Waals surface area contributed by atoms with Crippen molar-refractivity contribution in [2.75, 3.05) is 7.11 Å². The molecule has 1 aliphatic heterocycles. The zero-order valence-corrected chi connectivity index (χ0v) is 8.41. The number of hydrogen-bond donors (Lipinski definition) is 1. The van der Waals surface area contributed by atoms with Gasteiger partial charge in [0.1, 0.15) is 5.75 Å². The Hall–Kier alpha value is -1.06. The van der Waals surface area contributed by atoms with Gasteiger partial charge in [-0.3, -0.25) is 0 Å². The van der Waals surface area contributed by atoms with Crippen LogP contribution in [0.15, 0.2) is 12.1 Å². The van der Waals surface area contributed by atoms with E-state index in [0.717, 1.165) is 22.4 Å². The van der Waals surface area contributed by atoms with E-state index in [1.165, 1.54) is 0 Å². The van der Waals surface area contributed by atoms with E-state index in [-0.39, 0.29) is 0 Å². The van der Waals surface area contributed by atoms with Crippen LogP contribution in [0.5, 0.6) is 5.75 Å². The van der Waals surface area contributed by atoms with Gasteiger partial charge in [0.25, 0.3) is 0 Å². The Morgan fingerprint density at radius 2 is 2.00 bits per heavy atom. The summed E-state index contributed by atoms with van der Waals surface area (Å²) in [5.41, 5.74) is 3.14. The van der Waals surface area contributed by atoms with Crippen LogP contribution in [0.1, 0.15) is 29.7 Å². The van der Waals surface area contributed by atoms with Crippen LogP contribution in [0.3, 0.4) is 0 Å². The average Bonchev–Trinajstić information content (AvgIpc) is 2.62. The third kappa shape index (κ3) is 1.49. The fourth-order valence-electron chi connectivity index (χ4n) is 1.73. The maximum Gasteiger partial charge on any atom is 0.125 e. The Morgan fingerprint density at radius 3 is 2.57 bits per heavy atom. The topological polar surface area (TPSA) is 38.7 Å². The SMILES string of the molecule is COc1cc2c(cc1C(C)O)COC2. The summed E-state index contributed by atoms with van der Waals surface area (Å²) in [5.74, 6) is 0.740. The van der Waals surface area contributed by atoms with Gasteiger partial charge < -0.3 is 14.6 Å². The van der Waals surface area contributed by atoms with E-state index < -0.39 is 6.10 Å². The third-order valence-electron chi connectivity index (χ3n) is 2.52. The van der Waals surface area contributed by atoms with E-state index in [9.17, 15) is 5.11 Å². The van der Waals surface area contributed by atoms with E-state index in [1.807, 2.05) is 12.1 Å². The molecule has 1 aliphatic rings. The molecule has 1 N–H and O–H groups in total. The molecular weight excluding hydrogens is 180 g/mol. The van der Waals surface area contributed by atoms with Gasteiger partial charge in [-0.05, 0) is 30.2 Å². The van der Waals surface area contributed by atoms with Crippen LogP contribution in [0.2, 0.25) is 0 Å². The zero-order valence-electron chi connectivity index (χ0n) is 8.41. The summed E-state index contributed by atoms with van der Waals surface area (Å²) >= 11 is 0.